The van der Waals surface area contributed by atoms with E-state index < -0.39 is 12.1 Å². The second kappa shape index (κ2) is 8.17. The number of nitrogens with zero attached hydrogens (tertiary/aromatic N) is 4. The van der Waals surface area contributed by atoms with Gasteiger partial charge >= 0.3 is 6.55 Å². The molecule has 156 valence electrons. The fourth-order valence-corrected chi connectivity index (χ4v) is 3.29. The molecule has 1 fully saturated rings. The summed E-state index contributed by atoms with van der Waals surface area (Å²) in [5.74, 6) is 2.14. The van der Waals surface area contributed by atoms with Crippen LogP contribution in [0.4, 0.5) is 8.78 Å². The molecule has 3 heterocycles. The lowest BCUT2D eigenvalue weighted by molar-refractivity contribution is 0.0664. The molecule has 0 spiro atoms. The standard InChI is InChI=1S/C21H20F2N4O3/c1-12-24-10-17(13-5-6-27(21(22)23)19(28)8-13)20(26-12)30-11-14-7-16(14)18-4-3-15(29-2)9-25-18/h3-6,8-10,14,16,21H,7,11H2,1-2H3/t14-,16+/m1/s1. The first-order valence-electron chi connectivity index (χ1n) is 9.43. The molecule has 4 rings (SSSR count). The molecule has 30 heavy (non-hydrogen) atoms. The van der Waals surface area contributed by atoms with Gasteiger partial charge in [0.1, 0.15) is 11.6 Å². The van der Waals surface area contributed by atoms with Crippen LogP contribution in [0.25, 0.3) is 11.1 Å². The number of rotatable bonds is 7. The van der Waals surface area contributed by atoms with Crippen molar-refractivity contribution in [2.24, 2.45) is 5.92 Å². The first kappa shape index (κ1) is 19.9. The van der Waals surface area contributed by atoms with Gasteiger partial charge in [-0.05, 0) is 37.1 Å². The number of aromatic nitrogens is 4. The fourth-order valence-electron chi connectivity index (χ4n) is 3.29. The molecule has 0 unspecified atom stereocenters. The molecule has 9 heteroatoms. The van der Waals surface area contributed by atoms with Crippen molar-refractivity contribution in [3.8, 4) is 22.8 Å². The molecular weight excluding hydrogens is 394 g/mol. The van der Waals surface area contributed by atoms with E-state index in [-0.39, 0.29) is 0 Å². The topological polar surface area (TPSA) is 79.1 Å². The molecule has 0 radical (unpaired) electrons. The predicted octanol–water partition coefficient (Wildman–Crippen LogP) is 3.59. The third-order valence-corrected chi connectivity index (χ3v) is 5.08. The lowest BCUT2D eigenvalue weighted by atomic mass is 10.1. The average Bonchev–Trinajstić information content (AvgIpc) is 3.52. The van der Waals surface area contributed by atoms with E-state index in [9.17, 15) is 13.6 Å². The molecule has 1 aliphatic rings. The van der Waals surface area contributed by atoms with Crippen LogP contribution < -0.4 is 15.0 Å². The number of hydrogen-bond acceptors (Lipinski definition) is 6. The van der Waals surface area contributed by atoms with Gasteiger partial charge in [-0.2, -0.15) is 13.8 Å². The Morgan fingerprint density at radius 3 is 2.73 bits per heavy atom. The summed E-state index contributed by atoms with van der Waals surface area (Å²) in [6, 6.07) is 6.39. The minimum atomic E-state index is -2.89. The van der Waals surface area contributed by atoms with Gasteiger partial charge in [-0.15, -0.1) is 0 Å². The predicted molar refractivity (Wildman–Crippen MR) is 105 cm³/mol. The second-order valence-corrected chi connectivity index (χ2v) is 7.11. The second-order valence-electron chi connectivity index (χ2n) is 7.11. The Bertz CT molecular complexity index is 1100. The van der Waals surface area contributed by atoms with E-state index in [1.54, 1.807) is 20.2 Å². The molecule has 3 aromatic rings. The zero-order valence-corrected chi connectivity index (χ0v) is 16.5. The summed E-state index contributed by atoms with van der Waals surface area (Å²) in [7, 11) is 1.60. The molecule has 0 aliphatic heterocycles. The first-order chi connectivity index (χ1) is 14.5. The molecule has 3 aromatic heterocycles. The Morgan fingerprint density at radius 1 is 1.23 bits per heavy atom. The number of alkyl halides is 2. The Labute approximate surface area is 171 Å². The summed E-state index contributed by atoms with van der Waals surface area (Å²) in [4.78, 5) is 24.9. The van der Waals surface area contributed by atoms with E-state index in [4.69, 9.17) is 9.47 Å². The van der Waals surface area contributed by atoms with Crippen LogP contribution in [0.2, 0.25) is 0 Å². The summed E-state index contributed by atoms with van der Waals surface area (Å²) >= 11 is 0. The van der Waals surface area contributed by atoms with Gasteiger partial charge in [0.15, 0.2) is 0 Å². The van der Waals surface area contributed by atoms with Crippen LogP contribution in [0.3, 0.4) is 0 Å². The highest BCUT2D eigenvalue weighted by Crippen LogP contribution is 2.47. The zero-order chi connectivity index (χ0) is 21.3. The van der Waals surface area contributed by atoms with Gasteiger partial charge in [-0.25, -0.2) is 4.98 Å². The van der Waals surface area contributed by atoms with Gasteiger partial charge in [-0.3, -0.25) is 14.3 Å². The molecule has 1 aliphatic carbocycles. The normalized spacial score (nSPS) is 17.8. The smallest absolute Gasteiger partial charge is 0.321 e. The van der Waals surface area contributed by atoms with Crippen LogP contribution in [0, 0.1) is 12.8 Å². The van der Waals surface area contributed by atoms with Crippen molar-refractivity contribution in [1.29, 1.82) is 0 Å². The number of halogens is 2. The minimum Gasteiger partial charge on any atom is -0.495 e. The summed E-state index contributed by atoms with van der Waals surface area (Å²) in [6.07, 6.45) is 5.23. The van der Waals surface area contributed by atoms with E-state index in [0.717, 1.165) is 24.4 Å². The summed E-state index contributed by atoms with van der Waals surface area (Å²) in [6.45, 7) is -0.738. The van der Waals surface area contributed by atoms with Crippen LogP contribution in [-0.4, -0.2) is 33.2 Å². The van der Waals surface area contributed by atoms with Gasteiger partial charge in [0.2, 0.25) is 5.88 Å². The van der Waals surface area contributed by atoms with E-state index in [0.29, 0.717) is 51.6 Å². The maximum atomic E-state index is 12.8. The average molecular weight is 414 g/mol. The van der Waals surface area contributed by atoms with Crippen molar-refractivity contribution in [2.75, 3.05) is 13.7 Å². The molecule has 2 atom stereocenters. The molecule has 0 N–H and O–H groups in total. The Balaban J connectivity index is 1.49. The maximum Gasteiger partial charge on any atom is 0.321 e. The lowest BCUT2D eigenvalue weighted by Gasteiger charge is -2.12. The third kappa shape index (κ3) is 4.14. The van der Waals surface area contributed by atoms with Gasteiger partial charge < -0.3 is 9.47 Å². The van der Waals surface area contributed by atoms with Crippen LogP contribution in [-0.2, 0) is 0 Å². The Morgan fingerprint density at radius 2 is 2.07 bits per heavy atom. The SMILES string of the molecule is COc1ccc([C@H]2C[C@@H]2COc2nc(C)ncc2-c2ccn(C(F)F)c(=O)c2)nc1. The summed E-state index contributed by atoms with van der Waals surface area (Å²) in [5, 5.41) is 0. The lowest BCUT2D eigenvalue weighted by Crippen LogP contribution is -2.19. The van der Waals surface area contributed by atoms with Crippen LogP contribution >= 0.6 is 0 Å². The van der Waals surface area contributed by atoms with Crippen LogP contribution in [0.15, 0.2) is 47.7 Å². The first-order valence-corrected chi connectivity index (χ1v) is 9.43. The van der Waals surface area contributed by atoms with Gasteiger partial charge in [0.25, 0.3) is 5.56 Å². The van der Waals surface area contributed by atoms with Crippen molar-refractivity contribution < 1.29 is 18.3 Å². The number of ether oxygens (including phenoxy) is 2. The molecule has 0 amide bonds. The monoisotopic (exact) mass is 414 g/mol. The molecule has 0 aromatic carbocycles. The quantitative estimate of drug-likeness (QED) is 0.588. The third-order valence-electron chi connectivity index (χ3n) is 5.08. The number of methoxy groups -OCH3 is 1. The van der Waals surface area contributed by atoms with Crippen molar-refractivity contribution in [3.63, 3.8) is 0 Å². The Hall–Kier alpha value is -3.36. The van der Waals surface area contributed by atoms with Gasteiger partial charge in [0.05, 0.1) is 25.5 Å². The largest absolute Gasteiger partial charge is 0.495 e. The number of pyridine rings is 2. The molecule has 1 saturated carbocycles. The van der Waals surface area contributed by atoms with E-state index >= 15 is 0 Å². The zero-order valence-electron chi connectivity index (χ0n) is 16.5. The van der Waals surface area contributed by atoms with Crippen molar-refractivity contribution in [2.45, 2.75) is 25.8 Å². The van der Waals surface area contributed by atoms with E-state index in [1.807, 2.05) is 12.1 Å². The van der Waals surface area contributed by atoms with Gasteiger partial charge in [0, 0.05) is 36.0 Å². The van der Waals surface area contributed by atoms with Crippen molar-refractivity contribution in [3.05, 3.63) is 64.7 Å². The molecule has 7 nitrogen and oxygen atoms in total. The van der Waals surface area contributed by atoms with Crippen LogP contribution in [0.5, 0.6) is 11.6 Å². The number of hydrogen-bond donors (Lipinski definition) is 0. The fraction of sp³-hybridized carbons (Fsp3) is 0.333. The Kier molecular flexibility index (Phi) is 5.43. The highest BCUT2D eigenvalue weighted by molar-refractivity contribution is 5.67. The molecule has 0 bridgehead atoms. The van der Waals surface area contributed by atoms with Crippen molar-refractivity contribution in [1.82, 2.24) is 19.5 Å². The highest BCUT2D eigenvalue weighted by Gasteiger charge is 2.40. The van der Waals surface area contributed by atoms with Crippen LogP contribution in [0.1, 0.15) is 30.4 Å². The summed E-state index contributed by atoms with van der Waals surface area (Å²) < 4.78 is 37.1. The van der Waals surface area contributed by atoms with E-state index in [1.165, 1.54) is 12.3 Å². The number of aryl methyl sites for hydroxylation is 1. The maximum absolute atomic E-state index is 12.8. The minimum absolute atomic E-state index is 0.292. The highest BCUT2D eigenvalue weighted by atomic mass is 19.3. The van der Waals surface area contributed by atoms with Crippen molar-refractivity contribution >= 4 is 0 Å². The molecule has 0 saturated heterocycles. The molecular formula is C21H20F2N4O3. The van der Waals surface area contributed by atoms with Gasteiger partial charge in [-0.1, -0.05) is 0 Å². The summed E-state index contributed by atoms with van der Waals surface area (Å²) in [5.41, 5.74) is 1.09. The van der Waals surface area contributed by atoms with E-state index in [2.05, 4.69) is 15.0 Å².